The third-order valence-electron chi connectivity index (χ3n) is 6.81. The van der Waals surface area contributed by atoms with Gasteiger partial charge in [-0.05, 0) is 91.0 Å². The molecule has 2 aliphatic carbocycles. The zero-order valence-corrected chi connectivity index (χ0v) is 20.8. The monoisotopic (exact) mass is 477 g/mol. The summed E-state index contributed by atoms with van der Waals surface area (Å²) in [4.78, 5) is 4.71. The molecule has 1 aromatic heterocycles. The Kier molecular flexibility index (Phi) is 7.10. The number of nitrogens with zero attached hydrogens (tertiary/aromatic N) is 1. The number of rotatable bonds is 6. The standard InChI is InChI=1S/C29H32FNO2S/c1-19-14-21-6-7-26(17-23(21)15-19)32-18-24-16-22(4-3-5-28(24)30)27-8-9-29(31-20(27)2)33-25-10-12-34-13-11-25/h3-4,6-9,16-17,19,25H,5,10-15,18H2,1-2H3/t19-/m1/s1. The second-order valence-electron chi connectivity index (χ2n) is 9.58. The van der Waals surface area contributed by atoms with Crippen LogP contribution in [-0.4, -0.2) is 29.2 Å². The van der Waals surface area contributed by atoms with Gasteiger partial charge < -0.3 is 9.47 Å². The summed E-state index contributed by atoms with van der Waals surface area (Å²) in [7, 11) is 0. The van der Waals surface area contributed by atoms with Crippen molar-refractivity contribution >= 4 is 17.3 Å². The highest BCUT2D eigenvalue weighted by atomic mass is 32.2. The Balaban J connectivity index is 1.30. The summed E-state index contributed by atoms with van der Waals surface area (Å²) in [6.07, 6.45) is 10.6. The first-order valence-corrected chi connectivity index (χ1v) is 13.4. The Labute approximate surface area is 206 Å². The van der Waals surface area contributed by atoms with Crippen LogP contribution in [0.2, 0.25) is 0 Å². The van der Waals surface area contributed by atoms with Crippen LogP contribution >= 0.6 is 11.8 Å². The van der Waals surface area contributed by atoms with Crippen molar-refractivity contribution in [1.29, 1.82) is 0 Å². The van der Waals surface area contributed by atoms with Gasteiger partial charge in [0.1, 0.15) is 24.3 Å². The van der Waals surface area contributed by atoms with Crippen molar-refractivity contribution < 1.29 is 13.9 Å². The number of halogens is 1. The number of pyridine rings is 1. The van der Waals surface area contributed by atoms with Crippen LogP contribution < -0.4 is 9.47 Å². The minimum atomic E-state index is -0.151. The van der Waals surface area contributed by atoms with Crippen LogP contribution in [0.15, 0.2) is 60.0 Å². The topological polar surface area (TPSA) is 31.4 Å². The van der Waals surface area contributed by atoms with E-state index >= 15 is 0 Å². The first-order valence-electron chi connectivity index (χ1n) is 12.3. The molecule has 0 N–H and O–H groups in total. The molecule has 2 aromatic rings. The molecule has 5 heteroatoms. The minimum absolute atomic E-state index is 0.151. The van der Waals surface area contributed by atoms with E-state index in [2.05, 4.69) is 19.1 Å². The van der Waals surface area contributed by atoms with Crippen molar-refractivity contribution in [3.8, 4) is 11.6 Å². The van der Waals surface area contributed by atoms with Crippen molar-refractivity contribution in [3.05, 3.63) is 82.3 Å². The molecule has 1 fully saturated rings. The molecule has 1 atom stereocenters. The van der Waals surface area contributed by atoms with Crippen molar-refractivity contribution in [2.24, 2.45) is 5.92 Å². The molecule has 0 radical (unpaired) electrons. The van der Waals surface area contributed by atoms with Crippen LogP contribution in [-0.2, 0) is 12.8 Å². The molecule has 2 heterocycles. The van der Waals surface area contributed by atoms with Crippen LogP contribution in [0.1, 0.15) is 48.6 Å². The molecule has 1 aliphatic heterocycles. The Morgan fingerprint density at radius 2 is 1.91 bits per heavy atom. The highest BCUT2D eigenvalue weighted by Crippen LogP contribution is 2.32. The second-order valence-corrected chi connectivity index (χ2v) is 10.8. The van der Waals surface area contributed by atoms with E-state index in [4.69, 9.17) is 14.5 Å². The lowest BCUT2D eigenvalue weighted by atomic mass is 10.0. The zero-order valence-electron chi connectivity index (χ0n) is 20.0. The van der Waals surface area contributed by atoms with Gasteiger partial charge in [0.05, 0.1) is 0 Å². The van der Waals surface area contributed by atoms with Crippen LogP contribution in [0, 0.1) is 12.8 Å². The lowest BCUT2D eigenvalue weighted by Gasteiger charge is -2.22. The van der Waals surface area contributed by atoms with E-state index in [1.165, 1.54) is 11.1 Å². The molecule has 0 unspecified atom stereocenters. The number of fused-ring (bicyclic) bond motifs is 1. The number of benzene rings is 1. The van der Waals surface area contributed by atoms with Crippen LogP contribution in [0.3, 0.4) is 0 Å². The fourth-order valence-corrected chi connectivity index (χ4v) is 6.02. The van der Waals surface area contributed by atoms with Gasteiger partial charge in [0.2, 0.25) is 5.88 Å². The molecule has 5 rings (SSSR count). The fourth-order valence-electron chi connectivity index (χ4n) is 4.96. The summed E-state index contributed by atoms with van der Waals surface area (Å²) in [5.74, 6) is 4.30. The maximum absolute atomic E-state index is 14.9. The largest absolute Gasteiger partial charge is 0.489 e. The zero-order chi connectivity index (χ0) is 23.5. The van der Waals surface area contributed by atoms with Crippen molar-refractivity contribution in [2.45, 2.75) is 52.1 Å². The molecular weight excluding hydrogens is 445 g/mol. The van der Waals surface area contributed by atoms with Gasteiger partial charge in [-0.1, -0.05) is 25.1 Å². The SMILES string of the molecule is Cc1nc(OC2CCSCC2)ccc1C1=CC(COc2ccc3c(c2)C[C@H](C)C3)=C(F)CC=C1. The first-order chi connectivity index (χ1) is 16.5. The van der Waals surface area contributed by atoms with Gasteiger partial charge in [0.25, 0.3) is 0 Å². The van der Waals surface area contributed by atoms with E-state index in [0.717, 1.165) is 59.8 Å². The molecule has 0 spiro atoms. The minimum Gasteiger partial charge on any atom is -0.489 e. The van der Waals surface area contributed by atoms with Crippen molar-refractivity contribution in [1.82, 2.24) is 4.98 Å². The summed E-state index contributed by atoms with van der Waals surface area (Å²) < 4.78 is 27.0. The quantitative estimate of drug-likeness (QED) is 0.446. The summed E-state index contributed by atoms with van der Waals surface area (Å²) in [5, 5.41) is 0. The van der Waals surface area contributed by atoms with Crippen LogP contribution in [0.4, 0.5) is 4.39 Å². The third-order valence-corrected chi connectivity index (χ3v) is 7.86. The summed E-state index contributed by atoms with van der Waals surface area (Å²) in [5.41, 5.74) is 6.15. The van der Waals surface area contributed by atoms with Crippen LogP contribution in [0.25, 0.3) is 5.57 Å². The molecule has 0 bridgehead atoms. The van der Waals surface area contributed by atoms with E-state index in [0.29, 0.717) is 17.4 Å². The predicted molar refractivity (Wildman–Crippen MR) is 138 cm³/mol. The first kappa shape index (κ1) is 23.2. The van der Waals surface area contributed by atoms with E-state index in [9.17, 15) is 4.39 Å². The number of allylic oxidation sites excluding steroid dienone is 4. The molecular formula is C29H32FNO2S. The predicted octanol–water partition coefficient (Wildman–Crippen LogP) is 7.05. The molecule has 0 amide bonds. The average molecular weight is 478 g/mol. The number of hydrogen-bond donors (Lipinski definition) is 0. The van der Waals surface area contributed by atoms with E-state index in [1.807, 2.05) is 55.1 Å². The van der Waals surface area contributed by atoms with Gasteiger partial charge in [-0.3, -0.25) is 0 Å². The Hall–Kier alpha value is -2.53. The second kappa shape index (κ2) is 10.4. The smallest absolute Gasteiger partial charge is 0.213 e. The van der Waals surface area contributed by atoms with Gasteiger partial charge in [-0.2, -0.15) is 11.8 Å². The van der Waals surface area contributed by atoms with Gasteiger partial charge in [0, 0.05) is 29.3 Å². The third kappa shape index (κ3) is 5.41. The molecule has 34 heavy (non-hydrogen) atoms. The van der Waals surface area contributed by atoms with Crippen LogP contribution in [0.5, 0.6) is 11.6 Å². The Morgan fingerprint density at radius 3 is 2.74 bits per heavy atom. The number of aryl methyl sites for hydroxylation is 1. The molecule has 178 valence electrons. The average Bonchev–Trinajstić information content (AvgIpc) is 3.10. The van der Waals surface area contributed by atoms with Crippen molar-refractivity contribution in [3.63, 3.8) is 0 Å². The molecule has 0 saturated carbocycles. The summed E-state index contributed by atoms with van der Waals surface area (Å²) >= 11 is 1.98. The van der Waals surface area contributed by atoms with Gasteiger partial charge in [-0.25, -0.2) is 9.37 Å². The highest BCUT2D eigenvalue weighted by molar-refractivity contribution is 7.99. The number of aromatic nitrogens is 1. The molecule has 1 aromatic carbocycles. The number of ether oxygens (including phenoxy) is 2. The lowest BCUT2D eigenvalue weighted by Crippen LogP contribution is -2.22. The van der Waals surface area contributed by atoms with E-state index < -0.39 is 0 Å². The van der Waals surface area contributed by atoms with Gasteiger partial charge >= 0.3 is 0 Å². The molecule has 3 nitrogen and oxygen atoms in total. The molecule has 3 aliphatic rings. The Morgan fingerprint density at radius 1 is 1.09 bits per heavy atom. The number of hydrogen-bond acceptors (Lipinski definition) is 4. The van der Waals surface area contributed by atoms with E-state index in [1.54, 1.807) is 0 Å². The highest BCUT2D eigenvalue weighted by Gasteiger charge is 2.19. The lowest BCUT2D eigenvalue weighted by molar-refractivity contribution is 0.184. The maximum atomic E-state index is 14.9. The maximum Gasteiger partial charge on any atom is 0.213 e. The summed E-state index contributed by atoms with van der Waals surface area (Å²) in [6, 6.07) is 10.3. The van der Waals surface area contributed by atoms with Gasteiger partial charge in [-0.15, -0.1) is 0 Å². The van der Waals surface area contributed by atoms with Crippen molar-refractivity contribution in [2.75, 3.05) is 18.1 Å². The van der Waals surface area contributed by atoms with Gasteiger partial charge in [0.15, 0.2) is 0 Å². The fraction of sp³-hybridized carbons (Fsp3) is 0.414. The summed E-state index contributed by atoms with van der Waals surface area (Å²) in [6.45, 7) is 4.47. The molecule has 1 saturated heterocycles. The van der Waals surface area contributed by atoms with E-state index in [-0.39, 0.29) is 25.0 Å². The Bertz CT molecular complexity index is 1150. The normalized spacial score (nSPS) is 20.7. The number of thioether (sulfide) groups is 1.